The molecule has 1 fully saturated rings. The Morgan fingerprint density at radius 1 is 1.00 bits per heavy atom. The van der Waals surface area contributed by atoms with E-state index in [4.69, 9.17) is 9.47 Å². The second kappa shape index (κ2) is 4.64. The van der Waals surface area contributed by atoms with Crippen molar-refractivity contribution in [3.63, 3.8) is 0 Å². The second-order valence-electron chi connectivity index (χ2n) is 7.74. The van der Waals surface area contributed by atoms with Crippen LogP contribution in [0.2, 0.25) is 0 Å². The Hall–Kier alpha value is -1.22. The maximum atomic E-state index is 10.8. The molecule has 1 aromatic rings. The third kappa shape index (κ3) is 2.42. The van der Waals surface area contributed by atoms with E-state index in [9.17, 15) is 5.11 Å². The van der Waals surface area contributed by atoms with Crippen LogP contribution >= 0.6 is 0 Å². The number of rotatable bonds is 4. The molecule has 2 atom stereocenters. The quantitative estimate of drug-likeness (QED) is 0.837. The molecule has 1 saturated carbocycles. The van der Waals surface area contributed by atoms with Gasteiger partial charge in [0.1, 0.15) is 17.1 Å². The van der Waals surface area contributed by atoms with E-state index in [2.05, 4.69) is 13.8 Å². The van der Waals surface area contributed by atoms with Gasteiger partial charge in [0.2, 0.25) is 5.79 Å². The zero-order valence-electron chi connectivity index (χ0n) is 14.3. The van der Waals surface area contributed by atoms with Gasteiger partial charge in [0.25, 0.3) is 0 Å². The summed E-state index contributed by atoms with van der Waals surface area (Å²) in [5.41, 5.74) is -0.699. The Bertz CT molecular complexity index is 512. The van der Waals surface area contributed by atoms with Gasteiger partial charge in [-0.1, -0.05) is 27.7 Å². The first kappa shape index (κ1) is 16.2. The molecule has 118 valence electrons. The van der Waals surface area contributed by atoms with Crippen molar-refractivity contribution in [2.45, 2.75) is 66.3 Å². The molecule has 3 heteroatoms. The van der Waals surface area contributed by atoms with Crippen LogP contribution in [0.4, 0.5) is 0 Å². The van der Waals surface area contributed by atoms with Crippen molar-refractivity contribution >= 4 is 0 Å². The fraction of sp³-hybridized carbons (Fsp3) is 0.667. The Balaban J connectivity index is 2.12. The molecule has 2 rings (SSSR count). The lowest BCUT2D eigenvalue weighted by atomic mass is 9.96. The predicted molar refractivity (Wildman–Crippen MR) is 84.6 cm³/mol. The minimum absolute atomic E-state index is 0.222. The van der Waals surface area contributed by atoms with Gasteiger partial charge in [-0.3, -0.25) is 0 Å². The molecule has 2 unspecified atom stereocenters. The van der Waals surface area contributed by atoms with Gasteiger partial charge in [-0.05, 0) is 51.5 Å². The number of hydrogen-bond donors (Lipinski definition) is 1. The first-order valence-corrected chi connectivity index (χ1v) is 7.67. The van der Waals surface area contributed by atoms with Crippen molar-refractivity contribution in [1.82, 2.24) is 0 Å². The Kier molecular flexibility index (Phi) is 3.57. The van der Waals surface area contributed by atoms with Crippen LogP contribution in [0.1, 0.15) is 54.9 Å². The van der Waals surface area contributed by atoms with Crippen molar-refractivity contribution in [3.05, 3.63) is 24.3 Å². The van der Waals surface area contributed by atoms with Gasteiger partial charge in [0.05, 0.1) is 0 Å². The van der Waals surface area contributed by atoms with E-state index < -0.39 is 5.79 Å². The standard InChI is InChI=1S/C18H28O3/c1-8-17(7)16(5,6)18(17,19)21-14-11-9-13(10-12-14)20-15(2,3)4/h9-12,19H,8H2,1-7H3. The van der Waals surface area contributed by atoms with Crippen molar-refractivity contribution in [1.29, 1.82) is 0 Å². The molecule has 0 spiro atoms. The van der Waals surface area contributed by atoms with Gasteiger partial charge < -0.3 is 14.6 Å². The molecule has 1 aliphatic carbocycles. The van der Waals surface area contributed by atoms with E-state index in [-0.39, 0.29) is 16.4 Å². The maximum absolute atomic E-state index is 10.8. The van der Waals surface area contributed by atoms with E-state index in [0.29, 0.717) is 5.75 Å². The molecular weight excluding hydrogens is 264 g/mol. The molecule has 1 aromatic carbocycles. The van der Waals surface area contributed by atoms with Crippen molar-refractivity contribution in [3.8, 4) is 11.5 Å². The minimum Gasteiger partial charge on any atom is -0.488 e. The zero-order chi connectivity index (χ0) is 16.1. The Labute approximate surface area is 128 Å². The van der Waals surface area contributed by atoms with Gasteiger partial charge in [-0.15, -0.1) is 0 Å². The van der Waals surface area contributed by atoms with E-state index in [1.165, 1.54) is 0 Å². The van der Waals surface area contributed by atoms with E-state index in [0.717, 1.165) is 12.2 Å². The molecule has 1 N–H and O–H groups in total. The van der Waals surface area contributed by atoms with Crippen molar-refractivity contribution < 1.29 is 14.6 Å². The fourth-order valence-corrected chi connectivity index (χ4v) is 3.13. The van der Waals surface area contributed by atoms with E-state index in [1.54, 1.807) is 0 Å². The molecule has 0 aromatic heterocycles. The fourth-order valence-electron chi connectivity index (χ4n) is 3.13. The number of hydrogen-bond acceptors (Lipinski definition) is 3. The summed E-state index contributed by atoms with van der Waals surface area (Å²) in [6.45, 7) is 14.3. The summed E-state index contributed by atoms with van der Waals surface area (Å²) < 4.78 is 11.7. The van der Waals surface area contributed by atoms with Crippen LogP contribution in [-0.2, 0) is 0 Å². The average molecular weight is 292 g/mol. The SMILES string of the molecule is CCC1(C)C(C)(C)C1(O)Oc1ccc(OC(C)(C)C)cc1. The highest BCUT2D eigenvalue weighted by atomic mass is 16.6. The normalized spacial score (nSPS) is 30.9. The summed E-state index contributed by atoms with van der Waals surface area (Å²) in [5.74, 6) is 0.361. The van der Waals surface area contributed by atoms with Crippen LogP contribution in [0.3, 0.4) is 0 Å². The van der Waals surface area contributed by atoms with Crippen LogP contribution in [0.15, 0.2) is 24.3 Å². The molecule has 0 heterocycles. The first-order valence-electron chi connectivity index (χ1n) is 7.67. The monoisotopic (exact) mass is 292 g/mol. The predicted octanol–water partition coefficient (Wildman–Crippen LogP) is 4.39. The Morgan fingerprint density at radius 2 is 1.48 bits per heavy atom. The zero-order valence-corrected chi connectivity index (χ0v) is 14.3. The molecule has 0 saturated heterocycles. The summed E-state index contributed by atoms with van der Waals surface area (Å²) in [6, 6.07) is 7.46. The van der Waals surface area contributed by atoms with Gasteiger partial charge in [0, 0.05) is 10.8 Å². The highest BCUT2D eigenvalue weighted by Crippen LogP contribution is 2.73. The number of benzene rings is 1. The van der Waals surface area contributed by atoms with Gasteiger partial charge >= 0.3 is 0 Å². The molecule has 0 aliphatic heterocycles. The Morgan fingerprint density at radius 3 is 1.86 bits per heavy atom. The molecule has 0 radical (unpaired) electrons. The van der Waals surface area contributed by atoms with Crippen LogP contribution in [-0.4, -0.2) is 16.5 Å². The summed E-state index contributed by atoms with van der Waals surface area (Å²) in [5, 5.41) is 10.8. The largest absolute Gasteiger partial charge is 0.488 e. The van der Waals surface area contributed by atoms with Gasteiger partial charge in [-0.2, -0.15) is 0 Å². The van der Waals surface area contributed by atoms with E-state index in [1.807, 2.05) is 58.9 Å². The lowest BCUT2D eigenvalue weighted by Gasteiger charge is -2.22. The molecule has 3 nitrogen and oxygen atoms in total. The van der Waals surface area contributed by atoms with Crippen molar-refractivity contribution in [2.24, 2.45) is 10.8 Å². The smallest absolute Gasteiger partial charge is 0.220 e. The van der Waals surface area contributed by atoms with Crippen LogP contribution < -0.4 is 9.47 Å². The minimum atomic E-state index is -1.11. The maximum Gasteiger partial charge on any atom is 0.220 e. The van der Waals surface area contributed by atoms with Gasteiger partial charge in [0.15, 0.2) is 0 Å². The summed E-state index contributed by atoms with van der Waals surface area (Å²) >= 11 is 0. The number of aliphatic hydroxyl groups is 1. The topological polar surface area (TPSA) is 38.7 Å². The lowest BCUT2D eigenvalue weighted by Crippen LogP contribution is -2.27. The highest BCUT2D eigenvalue weighted by Gasteiger charge is 2.81. The summed E-state index contributed by atoms with van der Waals surface area (Å²) in [4.78, 5) is 0. The van der Waals surface area contributed by atoms with Crippen LogP contribution in [0.5, 0.6) is 11.5 Å². The molecule has 0 amide bonds. The van der Waals surface area contributed by atoms with Crippen LogP contribution in [0.25, 0.3) is 0 Å². The second-order valence-corrected chi connectivity index (χ2v) is 7.74. The summed E-state index contributed by atoms with van der Waals surface area (Å²) in [7, 11) is 0. The van der Waals surface area contributed by atoms with Crippen LogP contribution in [0, 0.1) is 10.8 Å². The molecule has 0 bridgehead atoms. The highest BCUT2D eigenvalue weighted by molar-refractivity contribution is 5.34. The molecule has 21 heavy (non-hydrogen) atoms. The third-order valence-corrected chi connectivity index (χ3v) is 5.13. The van der Waals surface area contributed by atoms with Gasteiger partial charge in [-0.25, -0.2) is 0 Å². The van der Waals surface area contributed by atoms with E-state index >= 15 is 0 Å². The molecular formula is C18H28O3. The molecule has 1 aliphatic rings. The summed E-state index contributed by atoms with van der Waals surface area (Å²) in [6.07, 6.45) is 0.877. The van der Waals surface area contributed by atoms with Crippen molar-refractivity contribution in [2.75, 3.05) is 0 Å². The first-order chi connectivity index (χ1) is 9.47. The average Bonchev–Trinajstić information content (AvgIpc) is 2.70. The number of ether oxygens (including phenoxy) is 2. The third-order valence-electron chi connectivity index (χ3n) is 5.13. The lowest BCUT2D eigenvalue weighted by molar-refractivity contribution is -0.0947.